The molecule has 2 aromatic rings. The van der Waals surface area contributed by atoms with E-state index < -0.39 is 12.0 Å². The van der Waals surface area contributed by atoms with E-state index in [4.69, 9.17) is 4.74 Å². The first-order valence-corrected chi connectivity index (χ1v) is 8.93. The summed E-state index contributed by atoms with van der Waals surface area (Å²) in [4.78, 5) is 24.1. The van der Waals surface area contributed by atoms with E-state index in [0.717, 1.165) is 32.1 Å². The highest BCUT2D eigenvalue weighted by molar-refractivity contribution is 6.36. The molecule has 8 heteroatoms. The highest BCUT2D eigenvalue weighted by Crippen LogP contribution is 2.24. The fourth-order valence-corrected chi connectivity index (χ4v) is 3.09. The summed E-state index contributed by atoms with van der Waals surface area (Å²) in [5.74, 6) is -0.339. The second-order valence-electron chi connectivity index (χ2n) is 6.39. The number of phenols is 1. The summed E-state index contributed by atoms with van der Waals surface area (Å²) in [6.45, 7) is 0. The summed E-state index contributed by atoms with van der Waals surface area (Å²) in [5.41, 5.74) is 9.94. The predicted octanol–water partition coefficient (Wildman–Crippen LogP) is 2.88. The molecule has 0 bridgehead atoms. The third-order valence-electron chi connectivity index (χ3n) is 4.48. The van der Waals surface area contributed by atoms with E-state index in [1.165, 1.54) is 12.1 Å². The first kappa shape index (κ1) is 18.5. The van der Waals surface area contributed by atoms with Crippen molar-refractivity contribution in [2.45, 2.75) is 44.2 Å². The summed E-state index contributed by atoms with van der Waals surface area (Å²) in [7, 11) is 0. The molecule has 1 unspecified atom stereocenters. The zero-order valence-corrected chi connectivity index (χ0v) is 14.8. The summed E-state index contributed by atoms with van der Waals surface area (Å²) in [6, 6.07) is 7.03. The monoisotopic (exact) mass is 367 g/mol. The normalized spacial score (nSPS) is 15.4. The van der Waals surface area contributed by atoms with Crippen LogP contribution in [0.3, 0.4) is 0 Å². The first-order chi connectivity index (χ1) is 13.2. The SMILES string of the molecule is [N-]=[N+]=C(C(=O)OC1CCCCC1)C(Nc1ncccn1)c1ccc(O)cc1. The van der Waals surface area contributed by atoms with Gasteiger partial charge in [-0.3, -0.25) is 0 Å². The second-order valence-corrected chi connectivity index (χ2v) is 6.39. The van der Waals surface area contributed by atoms with E-state index in [9.17, 15) is 15.4 Å². The van der Waals surface area contributed by atoms with E-state index >= 15 is 0 Å². The van der Waals surface area contributed by atoms with Gasteiger partial charge in [0.25, 0.3) is 0 Å². The Labute approximate surface area is 156 Å². The van der Waals surface area contributed by atoms with Gasteiger partial charge in [0.05, 0.1) is 0 Å². The number of ether oxygens (including phenoxy) is 1. The molecule has 1 aliphatic rings. The fraction of sp³-hybridized carbons (Fsp3) is 0.368. The number of esters is 1. The van der Waals surface area contributed by atoms with Crippen molar-refractivity contribution < 1.29 is 19.4 Å². The van der Waals surface area contributed by atoms with E-state index in [2.05, 4.69) is 20.1 Å². The van der Waals surface area contributed by atoms with Crippen molar-refractivity contribution in [3.63, 3.8) is 0 Å². The lowest BCUT2D eigenvalue weighted by Crippen LogP contribution is -2.34. The Hall–Kier alpha value is -3.25. The fourth-order valence-electron chi connectivity index (χ4n) is 3.09. The topological polar surface area (TPSA) is 121 Å². The van der Waals surface area contributed by atoms with Gasteiger partial charge in [-0.25, -0.2) is 14.8 Å². The largest absolute Gasteiger partial charge is 0.508 e. The van der Waals surface area contributed by atoms with Gasteiger partial charge in [0.1, 0.15) is 11.9 Å². The van der Waals surface area contributed by atoms with Crippen molar-refractivity contribution in [1.29, 1.82) is 0 Å². The van der Waals surface area contributed by atoms with Crippen molar-refractivity contribution in [2.24, 2.45) is 0 Å². The molecule has 1 saturated carbocycles. The molecule has 1 fully saturated rings. The molecule has 1 aromatic heterocycles. The number of carbonyl (C=O) groups excluding carboxylic acids is 1. The second kappa shape index (κ2) is 8.91. The number of anilines is 1. The Morgan fingerprint density at radius 2 is 1.85 bits per heavy atom. The van der Waals surface area contributed by atoms with Crippen LogP contribution in [0.15, 0.2) is 42.7 Å². The van der Waals surface area contributed by atoms with Crippen LogP contribution in [0.5, 0.6) is 5.75 Å². The highest BCUT2D eigenvalue weighted by Gasteiger charge is 2.36. The van der Waals surface area contributed by atoms with Crippen LogP contribution in [-0.2, 0) is 9.53 Å². The standard InChI is InChI=1S/C19H21N5O3/c20-24-17(18(26)27-15-5-2-1-3-6-15)16(13-7-9-14(25)10-8-13)23-19-21-11-4-12-22-19/h4,7-12,15-16,25H,1-3,5-6H2,(H,21,22,23). The van der Waals surface area contributed by atoms with Crippen molar-refractivity contribution in [3.8, 4) is 5.75 Å². The van der Waals surface area contributed by atoms with Crippen molar-refractivity contribution in [1.82, 2.24) is 9.97 Å². The van der Waals surface area contributed by atoms with Crippen LogP contribution in [0, 0.1) is 0 Å². The van der Waals surface area contributed by atoms with Gasteiger partial charge in [0.15, 0.2) is 6.04 Å². The van der Waals surface area contributed by atoms with Crippen LogP contribution >= 0.6 is 0 Å². The molecule has 2 N–H and O–H groups in total. The Morgan fingerprint density at radius 3 is 2.48 bits per heavy atom. The van der Waals surface area contributed by atoms with Gasteiger partial charge in [-0.1, -0.05) is 18.6 Å². The lowest BCUT2D eigenvalue weighted by atomic mass is 9.97. The van der Waals surface area contributed by atoms with Crippen LogP contribution in [0.4, 0.5) is 5.95 Å². The lowest BCUT2D eigenvalue weighted by molar-refractivity contribution is -0.147. The molecule has 8 nitrogen and oxygen atoms in total. The smallest absolute Gasteiger partial charge is 0.419 e. The van der Waals surface area contributed by atoms with Gasteiger partial charge >= 0.3 is 11.7 Å². The van der Waals surface area contributed by atoms with Crippen LogP contribution in [0.25, 0.3) is 5.53 Å². The zero-order valence-electron chi connectivity index (χ0n) is 14.8. The van der Waals surface area contributed by atoms with Gasteiger partial charge in [-0.2, -0.15) is 4.79 Å². The van der Waals surface area contributed by atoms with E-state index in [1.54, 1.807) is 30.6 Å². The Bertz CT molecular complexity index is 813. The van der Waals surface area contributed by atoms with Gasteiger partial charge in [0, 0.05) is 12.4 Å². The quantitative estimate of drug-likeness (QED) is 0.350. The third-order valence-corrected chi connectivity index (χ3v) is 4.48. The summed E-state index contributed by atoms with van der Waals surface area (Å²) in [5, 5.41) is 12.5. The molecule has 27 heavy (non-hydrogen) atoms. The van der Waals surface area contributed by atoms with Crippen LogP contribution in [0.2, 0.25) is 0 Å². The van der Waals surface area contributed by atoms with Gasteiger partial charge in [-0.15, -0.1) is 0 Å². The number of carbonyl (C=O) groups is 1. The van der Waals surface area contributed by atoms with Crippen molar-refractivity contribution in [3.05, 3.63) is 53.8 Å². The van der Waals surface area contributed by atoms with Crippen LogP contribution in [-0.4, -0.2) is 37.6 Å². The Morgan fingerprint density at radius 1 is 1.19 bits per heavy atom. The number of benzene rings is 1. The Kier molecular flexibility index (Phi) is 6.12. The Balaban J connectivity index is 1.85. The van der Waals surface area contributed by atoms with E-state index in [-0.39, 0.29) is 23.5 Å². The summed E-state index contributed by atoms with van der Waals surface area (Å²) < 4.78 is 5.55. The number of hydrogen-bond donors (Lipinski definition) is 2. The number of aromatic nitrogens is 2. The maximum atomic E-state index is 12.7. The van der Waals surface area contributed by atoms with Gasteiger partial charge < -0.3 is 20.7 Å². The minimum atomic E-state index is -0.839. The van der Waals surface area contributed by atoms with Gasteiger partial charge in [-0.05, 0) is 49.4 Å². The molecule has 0 radical (unpaired) electrons. The zero-order chi connectivity index (χ0) is 19.1. The molecule has 0 aliphatic heterocycles. The molecule has 1 heterocycles. The molecule has 1 aliphatic carbocycles. The highest BCUT2D eigenvalue weighted by atomic mass is 16.5. The number of phenolic OH excluding ortho intramolecular Hbond substituents is 1. The number of hydrogen-bond acceptors (Lipinski definition) is 6. The van der Waals surface area contributed by atoms with Gasteiger partial charge in [0.2, 0.25) is 5.95 Å². The molecule has 140 valence electrons. The van der Waals surface area contributed by atoms with Crippen molar-refractivity contribution >= 4 is 17.6 Å². The predicted molar refractivity (Wildman–Crippen MR) is 98.1 cm³/mol. The molecule has 3 rings (SSSR count). The molecule has 0 saturated heterocycles. The molecule has 1 aromatic carbocycles. The number of nitrogens with zero attached hydrogens (tertiary/aromatic N) is 4. The minimum absolute atomic E-state index is 0.0840. The molecule has 0 spiro atoms. The number of nitrogens with one attached hydrogen (secondary N) is 1. The summed E-state index contributed by atoms with van der Waals surface area (Å²) in [6.07, 6.45) is 7.72. The maximum Gasteiger partial charge on any atom is 0.419 e. The number of aromatic hydroxyl groups is 1. The number of rotatable bonds is 6. The average Bonchev–Trinajstić information content (AvgIpc) is 2.70. The molecule has 1 atom stereocenters. The van der Waals surface area contributed by atoms with E-state index in [0.29, 0.717) is 5.56 Å². The summed E-state index contributed by atoms with van der Waals surface area (Å²) >= 11 is 0. The minimum Gasteiger partial charge on any atom is -0.508 e. The molecular weight excluding hydrogens is 346 g/mol. The van der Waals surface area contributed by atoms with Crippen molar-refractivity contribution in [2.75, 3.05) is 5.32 Å². The molecular formula is C19H21N5O3. The average molecular weight is 367 g/mol. The third kappa shape index (κ3) is 4.89. The lowest BCUT2D eigenvalue weighted by Gasteiger charge is -2.22. The van der Waals surface area contributed by atoms with E-state index in [1.807, 2.05) is 0 Å². The first-order valence-electron chi connectivity index (χ1n) is 8.93. The van der Waals surface area contributed by atoms with Crippen LogP contribution in [0.1, 0.15) is 43.7 Å². The maximum absolute atomic E-state index is 12.7. The molecule has 0 amide bonds. The van der Waals surface area contributed by atoms with Crippen LogP contribution < -0.4 is 5.32 Å².